The SMILES string of the molecule is CCc1ccc2c(c1)c(-c1ccc(C(C)(C)C)cc1)c(I)c1nc3ccccc3nc12. The standard InChI is InChI=1S/C28H25IN2/c1-5-17-10-15-20-21(16-17)24(18-11-13-19(14-12-18)28(2,3)4)25(29)27-26(20)30-22-8-6-7-9-23(22)31-27/h6-16H,5H2,1-4H3. The van der Waals surface area contributed by atoms with Gasteiger partial charge in [0, 0.05) is 14.5 Å². The summed E-state index contributed by atoms with van der Waals surface area (Å²) in [4.78, 5) is 10.1. The maximum Gasteiger partial charge on any atom is 0.104 e. The van der Waals surface area contributed by atoms with Crippen molar-refractivity contribution in [1.82, 2.24) is 9.97 Å². The highest BCUT2D eigenvalue weighted by Gasteiger charge is 2.19. The summed E-state index contributed by atoms with van der Waals surface area (Å²) < 4.78 is 1.16. The summed E-state index contributed by atoms with van der Waals surface area (Å²) in [7, 11) is 0. The zero-order valence-corrected chi connectivity index (χ0v) is 20.5. The molecule has 0 amide bonds. The molecule has 3 heteroatoms. The van der Waals surface area contributed by atoms with Crippen molar-refractivity contribution >= 4 is 55.4 Å². The molecule has 0 spiro atoms. The second kappa shape index (κ2) is 7.56. The molecular formula is C28H25IN2. The molecule has 0 radical (unpaired) electrons. The Hall–Kier alpha value is -2.53. The first-order chi connectivity index (χ1) is 14.9. The Kier molecular flexibility index (Phi) is 4.97. The molecule has 4 aromatic carbocycles. The van der Waals surface area contributed by atoms with E-state index in [0.29, 0.717) is 0 Å². The lowest BCUT2D eigenvalue weighted by molar-refractivity contribution is 0.590. The fraction of sp³-hybridized carbons (Fsp3) is 0.214. The van der Waals surface area contributed by atoms with Crippen molar-refractivity contribution < 1.29 is 0 Å². The fourth-order valence-electron chi connectivity index (χ4n) is 4.22. The fourth-order valence-corrected chi connectivity index (χ4v) is 5.20. The van der Waals surface area contributed by atoms with E-state index >= 15 is 0 Å². The second-order valence-electron chi connectivity index (χ2n) is 9.16. The van der Waals surface area contributed by atoms with Crippen LogP contribution in [0.25, 0.3) is 44.0 Å². The van der Waals surface area contributed by atoms with Gasteiger partial charge in [-0.1, -0.05) is 82.3 Å². The summed E-state index contributed by atoms with van der Waals surface area (Å²) in [5.41, 5.74) is 9.13. The zero-order valence-electron chi connectivity index (χ0n) is 18.3. The molecule has 2 nitrogen and oxygen atoms in total. The van der Waals surface area contributed by atoms with E-state index < -0.39 is 0 Å². The van der Waals surface area contributed by atoms with Crippen molar-refractivity contribution in [3.63, 3.8) is 0 Å². The number of fused-ring (bicyclic) bond motifs is 4. The number of hydrogen-bond donors (Lipinski definition) is 0. The van der Waals surface area contributed by atoms with Gasteiger partial charge in [0.1, 0.15) is 5.52 Å². The van der Waals surface area contributed by atoms with E-state index in [1.807, 2.05) is 24.3 Å². The minimum absolute atomic E-state index is 0.136. The minimum atomic E-state index is 0.136. The van der Waals surface area contributed by atoms with Gasteiger partial charge in [-0.25, -0.2) is 9.97 Å². The summed E-state index contributed by atoms with van der Waals surface area (Å²) in [6, 6.07) is 24.0. The molecule has 5 aromatic rings. The third kappa shape index (κ3) is 3.49. The van der Waals surface area contributed by atoms with Gasteiger partial charge < -0.3 is 0 Å². The molecule has 0 aliphatic carbocycles. The maximum atomic E-state index is 5.04. The molecule has 1 aromatic heterocycles. The summed E-state index contributed by atoms with van der Waals surface area (Å²) in [6.07, 6.45) is 1.01. The van der Waals surface area contributed by atoms with Crippen molar-refractivity contribution in [2.45, 2.75) is 39.5 Å². The first-order valence-electron chi connectivity index (χ1n) is 10.8. The van der Waals surface area contributed by atoms with E-state index in [2.05, 4.69) is 92.8 Å². The van der Waals surface area contributed by atoms with Crippen LogP contribution in [0.3, 0.4) is 0 Å². The third-order valence-corrected chi connectivity index (χ3v) is 7.10. The van der Waals surface area contributed by atoms with Gasteiger partial charge in [-0.2, -0.15) is 0 Å². The van der Waals surface area contributed by atoms with Crippen LogP contribution >= 0.6 is 22.6 Å². The molecule has 0 saturated carbocycles. The van der Waals surface area contributed by atoms with E-state index in [-0.39, 0.29) is 5.41 Å². The maximum absolute atomic E-state index is 5.04. The van der Waals surface area contributed by atoms with Gasteiger partial charge >= 0.3 is 0 Å². The molecule has 31 heavy (non-hydrogen) atoms. The van der Waals surface area contributed by atoms with Crippen molar-refractivity contribution in [1.29, 1.82) is 0 Å². The lowest BCUT2D eigenvalue weighted by atomic mass is 9.85. The number of halogens is 1. The van der Waals surface area contributed by atoms with Crippen molar-refractivity contribution in [2.75, 3.05) is 0 Å². The largest absolute Gasteiger partial charge is 0.244 e. The van der Waals surface area contributed by atoms with Gasteiger partial charge in [-0.3, -0.25) is 0 Å². The number of hydrogen-bond acceptors (Lipinski definition) is 2. The van der Waals surface area contributed by atoms with Crippen LogP contribution in [-0.2, 0) is 11.8 Å². The quantitative estimate of drug-likeness (QED) is 0.135. The Morgan fingerprint density at radius 1 is 0.774 bits per heavy atom. The van der Waals surface area contributed by atoms with Crippen molar-refractivity contribution in [3.8, 4) is 11.1 Å². The molecule has 154 valence electrons. The lowest BCUT2D eigenvalue weighted by Crippen LogP contribution is -2.10. The normalized spacial score (nSPS) is 12.2. The molecule has 0 unspecified atom stereocenters. The molecule has 1 heterocycles. The van der Waals surface area contributed by atoms with E-state index in [0.717, 1.165) is 32.1 Å². The number of aromatic nitrogens is 2. The monoisotopic (exact) mass is 516 g/mol. The summed E-state index contributed by atoms with van der Waals surface area (Å²) in [5, 5.41) is 2.42. The Labute approximate surface area is 196 Å². The van der Waals surface area contributed by atoms with Gasteiger partial charge in [0.15, 0.2) is 0 Å². The Balaban J connectivity index is 1.89. The lowest BCUT2D eigenvalue weighted by Gasteiger charge is -2.20. The van der Waals surface area contributed by atoms with E-state index in [9.17, 15) is 0 Å². The second-order valence-corrected chi connectivity index (χ2v) is 10.2. The molecule has 0 fully saturated rings. The number of rotatable bonds is 2. The Morgan fingerprint density at radius 3 is 2.03 bits per heavy atom. The first kappa shape index (κ1) is 20.4. The molecule has 0 aliphatic heterocycles. The van der Waals surface area contributed by atoms with Gasteiger partial charge in [-0.05, 0) is 68.6 Å². The van der Waals surface area contributed by atoms with Crippen LogP contribution in [0.4, 0.5) is 0 Å². The number of para-hydroxylation sites is 2. The van der Waals surface area contributed by atoms with Crippen LogP contribution in [0.2, 0.25) is 0 Å². The topological polar surface area (TPSA) is 25.8 Å². The number of benzene rings is 4. The Morgan fingerprint density at radius 2 is 1.42 bits per heavy atom. The number of aryl methyl sites for hydroxylation is 1. The Bertz CT molecular complexity index is 1440. The molecule has 0 aliphatic rings. The predicted octanol–water partition coefficient (Wildman–Crippen LogP) is 8.07. The molecule has 0 saturated heterocycles. The summed E-state index contributed by atoms with van der Waals surface area (Å²) >= 11 is 2.47. The highest BCUT2D eigenvalue weighted by molar-refractivity contribution is 14.1. The summed E-state index contributed by atoms with van der Waals surface area (Å²) in [5.74, 6) is 0. The minimum Gasteiger partial charge on any atom is -0.244 e. The highest BCUT2D eigenvalue weighted by Crippen LogP contribution is 2.40. The zero-order chi connectivity index (χ0) is 21.8. The molecule has 5 rings (SSSR count). The van der Waals surface area contributed by atoms with Crippen molar-refractivity contribution in [2.24, 2.45) is 0 Å². The van der Waals surface area contributed by atoms with Crippen molar-refractivity contribution in [3.05, 3.63) is 81.4 Å². The first-order valence-corrected chi connectivity index (χ1v) is 11.9. The van der Waals surface area contributed by atoms with Crippen LogP contribution in [0.5, 0.6) is 0 Å². The van der Waals surface area contributed by atoms with E-state index in [4.69, 9.17) is 9.97 Å². The van der Waals surface area contributed by atoms with Crippen LogP contribution in [0.1, 0.15) is 38.8 Å². The van der Waals surface area contributed by atoms with E-state index in [1.165, 1.54) is 33.0 Å². The average Bonchev–Trinajstić information content (AvgIpc) is 2.77. The predicted molar refractivity (Wildman–Crippen MR) is 141 cm³/mol. The summed E-state index contributed by atoms with van der Waals surface area (Å²) in [6.45, 7) is 8.97. The molecule has 0 atom stereocenters. The average molecular weight is 516 g/mol. The van der Waals surface area contributed by atoms with Crippen LogP contribution in [0, 0.1) is 3.57 Å². The number of nitrogens with zero attached hydrogens (tertiary/aromatic N) is 2. The molecule has 0 N–H and O–H groups in total. The molecule has 0 bridgehead atoms. The van der Waals surface area contributed by atoms with Crippen LogP contribution < -0.4 is 0 Å². The van der Waals surface area contributed by atoms with Crippen LogP contribution in [0.15, 0.2) is 66.7 Å². The van der Waals surface area contributed by atoms with Gasteiger partial charge in [0.25, 0.3) is 0 Å². The highest BCUT2D eigenvalue weighted by atomic mass is 127. The van der Waals surface area contributed by atoms with Crippen LogP contribution in [-0.4, -0.2) is 9.97 Å². The van der Waals surface area contributed by atoms with E-state index in [1.54, 1.807) is 0 Å². The van der Waals surface area contributed by atoms with Gasteiger partial charge in [-0.15, -0.1) is 0 Å². The third-order valence-electron chi connectivity index (χ3n) is 6.05. The van der Waals surface area contributed by atoms with Gasteiger partial charge in [0.2, 0.25) is 0 Å². The van der Waals surface area contributed by atoms with Gasteiger partial charge in [0.05, 0.1) is 16.6 Å². The smallest absolute Gasteiger partial charge is 0.104 e. The molecular weight excluding hydrogens is 491 g/mol.